The van der Waals surface area contributed by atoms with E-state index in [4.69, 9.17) is 0 Å². The van der Waals surface area contributed by atoms with E-state index >= 15 is 0 Å². The number of fused-ring (bicyclic) bond motifs is 1. The van der Waals surface area contributed by atoms with Crippen LogP contribution in [0.5, 0.6) is 0 Å². The first-order valence-corrected chi connectivity index (χ1v) is 10.5. The Bertz CT molecular complexity index is 1390. The molecule has 0 spiro atoms. The molecule has 0 amide bonds. The molecule has 0 heterocycles. The summed E-state index contributed by atoms with van der Waals surface area (Å²) in [6, 6.07) is 14.2. The van der Waals surface area contributed by atoms with Gasteiger partial charge in [-0.25, -0.2) is 22.0 Å². The Morgan fingerprint density at radius 2 is 1.36 bits per heavy atom. The van der Waals surface area contributed by atoms with Crippen LogP contribution in [0.15, 0.2) is 60.7 Å². The Balaban J connectivity index is 1.51. The summed E-state index contributed by atoms with van der Waals surface area (Å²) in [5, 5.41) is 0.635. The largest absolute Gasteiger partial charge is 0.207 e. The maximum absolute atomic E-state index is 14.5. The average molecular weight is 450 g/mol. The number of hydrogen-bond acceptors (Lipinski definition) is 0. The fourth-order valence-electron chi connectivity index (χ4n) is 3.67. The van der Waals surface area contributed by atoms with Crippen molar-refractivity contribution in [2.75, 3.05) is 0 Å². The van der Waals surface area contributed by atoms with Gasteiger partial charge in [0.25, 0.3) is 0 Å². The second-order valence-corrected chi connectivity index (χ2v) is 7.75. The first-order valence-electron chi connectivity index (χ1n) is 10.5. The lowest BCUT2D eigenvalue weighted by Gasteiger charge is -2.08. The van der Waals surface area contributed by atoms with E-state index in [1.54, 1.807) is 12.1 Å². The number of halogens is 5. The first-order chi connectivity index (χ1) is 15.9. The predicted octanol–water partition coefficient (Wildman–Crippen LogP) is 7.28. The zero-order chi connectivity index (χ0) is 23.5. The van der Waals surface area contributed by atoms with Gasteiger partial charge in [-0.05, 0) is 78.2 Å². The normalized spacial score (nSPS) is 10.8. The van der Waals surface area contributed by atoms with Gasteiger partial charge in [0.2, 0.25) is 0 Å². The van der Waals surface area contributed by atoms with Crippen molar-refractivity contribution in [2.45, 2.75) is 26.2 Å². The maximum Gasteiger partial charge on any atom is 0.166 e. The average Bonchev–Trinajstić information content (AvgIpc) is 2.80. The molecule has 0 N–H and O–H groups in total. The van der Waals surface area contributed by atoms with Gasteiger partial charge in [-0.1, -0.05) is 37.0 Å². The van der Waals surface area contributed by atoms with E-state index in [1.165, 1.54) is 42.5 Å². The third kappa shape index (κ3) is 4.90. The van der Waals surface area contributed by atoms with Gasteiger partial charge in [0.15, 0.2) is 11.6 Å². The number of rotatable bonds is 4. The van der Waals surface area contributed by atoms with Crippen LogP contribution in [0.3, 0.4) is 0 Å². The highest BCUT2D eigenvalue weighted by Crippen LogP contribution is 2.22. The molecule has 4 aromatic rings. The van der Waals surface area contributed by atoms with Crippen molar-refractivity contribution in [1.82, 2.24) is 0 Å². The van der Waals surface area contributed by atoms with Crippen LogP contribution in [0.25, 0.3) is 10.8 Å². The van der Waals surface area contributed by atoms with Crippen molar-refractivity contribution in [2.24, 2.45) is 0 Å². The van der Waals surface area contributed by atoms with E-state index in [9.17, 15) is 22.0 Å². The molecule has 33 heavy (non-hydrogen) atoms. The van der Waals surface area contributed by atoms with E-state index in [0.29, 0.717) is 28.5 Å². The molecule has 0 nitrogen and oxygen atoms in total. The molecule has 0 unspecified atom stereocenters. The van der Waals surface area contributed by atoms with Crippen LogP contribution >= 0.6 is 0 Å². The number of benzene rings is 4. The van der Waals surface area contributed by atoms with Gasteiger partial charge in [-0.2, -0.15) is 0 Å². The minimum Gasteiger partial charge on any atom is -0.207 e. The van der Waals surface area contributed by atoms with Crippen LogP contribution in [0.4, 0.5) is 22.0 Å². The summed E-state index contributed by atoms with van der Waals surface area (Å²) in [6.07, 6.45) is 0.924. The predicted molar refractivity (Wildman–Crippen MR) is 119 cm³/mol. The zero-order valence-electron chi connectivity index (χ0n) is 17.8. The standard InChI is InChI=1S/C28H19F5/c1-2-17-14-26(31)23(27(32)15-17)11-6-19-4-8-20(25(30)16-19)7-3-18-5-10-22-21(13-18)9-12-24(29)28(22)33/h4-5,8-10,12-16H,2,6,11H2,1H3. The molecule has 0 saturated carbocycles. The molecule has 0 aliphatic heterocycles. The molecule has 0 radical (unpaired) electrons. The van der Waals surface area contributed by atoms with Crippen LogP contribution in [0, 0.1) is 40.9 Å². The van der Waals surface area contributed by atoms with E-state index in [1.807, 2.05) is 6.92 Å². The lowest BCUT2D eigenvalue weighted by Crippen LogP contribution is -2.01. The maximum atomic E-state index is 14.5. The first kappa shape index (κ1) is 22.5. The van der Waals surface area contributed by atoms with Crippen molar-refractivity contribution in [3.05, 3.63) is 118 Å². The topological polar surface area (TPSA) is 0 Å². The molecule has 0 aromatic heterocycles. The molecule has 0 atom stereocenters. The van der Waals surface area contributed by atoms with Gasteiger partial charge in [0.05, 0.1) is 5.56 Å². The summed E-state index contributed by atoms with van der Waals surface area (Å²) in [7, 11) is 0. The van der Waals surface area contributed by atoms with Gasteiger partial charge >= 0.3 is 0 Å². The van der Waals surface area contributed by atoms with Crippen molar-refractivity contribution >= 4 is 10.8 Å². The number of hydrogen-bond donors (Lipinski definition) is 0. The molecule has 5 heteroatoms. The van der Waals surface area contributed by atoms with Crippen molar-refractivity contribution < 1.29 is 22.0 Å². The third-order valence-corrected chi connectivity index (χ3v) is 5.55. The smallest absolute Gasteiger partial charge is 0.166 e. The van der Waals surface area contributed by atoms with Crippen LogP contribution in [0.2, 0.25) is 0 Å². The number of aryl methyl sites for hydroxylation is 2. The molecular formula is C28H19F5. The fraction of sp³-hybridized carbons (Fsp3) is 0.143. The quantitative estimate of drug-likeness (QED) is 0.226. The monoisotopic (exact) mass is 450 g/mol. The summed E-state index contributed by atoms with van der Waals surface area (Å²) < 4.78 is 70.0. The molecule has 0 aliphatic carbocycles. The van der Waals surface area contributed by atoms with Crippen LogP contribution < -0.4 is 0 Å². The van der Waals surface area contributed by atoms with Crippen molar-refractivity contribution in [3.8, 4) is 11.8 Å². The minimum atomic E-state index is -0.924. The second-order valence-electron chi connectivity index (χ2n) is 7.75. The summed E-state index contributed by atoms with van der Waals surface area (Å²) in [5.74, 6) is 1.99. The zero-order valence-corrected chi connectivity index (χ0v) is 17.8. The Kier molecular flexibility index (Phi) is 6.46. The van der Waals surface area contributed by atoms with Gasteiger partial charge < -0.3 is 0 Å². The summed E-state index contributed by atoms with van der Waals surface area (Å²) in [6.45, 7) is 1.82. The summed E-state index contributed by atoms with van der Waals surface area (Å²) >= 11 is 0. The van der Waals surface area contributed by atoms with E-state index in [2.05, 4.69) is 11.8 Å². The van der Waals surface area contributed by atoms with Crippen molar-refractivity contribution in [1.29, 1.82) is 0 Å². The minimum absolute atomic E-state index is 0.0101. The van der Waals surface area contributed by atoms with Crippen LogP contribution in [-0.4, -0.2) is 0 Å². The molecule has 0 aliphatic rings. The highest BCUT2D eigenvalue weighted by molar-refractivity contribution is 5.84. The highest BCUT2D eigenvalue weighted by atomic mass is 19.2. The Morgan fingerprint density at radius 3 is 2.06 bits per heavy atom. The SMILES string of the molecule is CCc1cc(F)c(CCc2ccc(C#Cc3ccc4c(F)c(F)ccc4c3)c(F)c2)c(F)c1. The fourth-order valence-corrected chi connectivity index (χ4v) is 3.67. The van der Waals surface area contributed by atoms with Gasteiger partial charge in [0, 0.05) is 16.5 Å². The molecule has 0 bridgehead atoms. The molecule has 0 saturated heterocycles. The van der Waals surface area contributed by atoms with E-state index in [0.717, 1.165) is 6.07 Å². The molecule has 0 fully saturated rings. The van der Waals surface area contributed by atoms with Gasteiger partial charge in [-0.3, -0.25) is 0 Å². The second kappa shape index (κ2) is 9.46. The molecular weight excluding hydrogens is 431 g/mol. The Labute approximate surface area is 188 Å². The van der Waals surface area contributed by atoms with Crippen molar-refractivity contribution in [3.63, 3.8) is 0 Å². The van der Waals surface area contributed by atoms with Crippen LogP contribution in [0.1, 0.15) is 34.7 Å². The van der Waals surface area contributed by atoms with Gasteiger partial charge in [0.1, 0.15) is 17.5 Å². The molecule has 166 valence electrons. The lowest BCUT2D eigenvalue weighted by atomic mass is 10.00. The highest BCUT2D eigenvalue weighted by Gasteiger charge is 2.12. The van der Waals surface area contributed by atoms with E-state index in [-0.39, 0.29) is 29.4 Å². The van der Waals surface area contributed by atoms with Crippen LogP contribution in [-0.2, 0) is 19.3 Å². The summed E-state index contributed by atoms with van der Waals surface area (Å²) in [5.41, 5.74) is 1.86. The molecule has 4 rings (SSSR count). The Morgan fingerprint density at radius 1 is 0.636 bits per heavy atom. The molecule has 4 aromatic carbocycles. The third-order valence-electron chi connectivity index (χ3n) is 5.55. The lowest BCUT2D eigenvalue weighted by molar-refractivity contribution is 0.517. The Hall–Kier alpha value is -3.65. The summed E-state index contributed by atoms with van der Waals surface area (Å²) in [4.78, 5) is 0. The van der Waals surface area contributed by atoms with E-state index < -0.39 is 29.1 Å². The van der Waals surface area contributed by atoms with Gasteiger partial charge in [-0.15, -0.1) is 0 Å².